The molecule has 0 unspecified atom stereocenters. The van der Waals surface area contributed by atoms with Gasteiger partial charge < -0.3 is 10.6 Å². The molecule has 84 valence electrons. The van der Waals surface area contributed by atoms with Gasteiger partial charge in [0.1, 0.15) is 0 Å². The second-order valence-electron chi connectivity index (χ2n) is 4.20. The normalized spacial score (nSPS) is 13.5. The molecule has 0 aromatic heterocycles. The van der Waals surface area contributed by atoms with Crippen LogP contribution in [-0.2, 0) is 6.54 Å². The molecule has 0 bridgehead atoms. The van der Waals surface area contributed by atoms with Crippen molar-refractivity contribution in [2.75, 3.05) is 10.6 Å². The minimum atomic E-state index is 0.816. The first-order chi connectivity index (χ1) is 8.34. The fraction of sp³-hybridized carbons (Fsp3) is 0.0667. The molecule has 2 N–H and O–H groups in total. The van der Waals surface area contributed by atoms with Gasteiger partial charge in [-0.2, -0.15) is 0 Å². The Labute approximate surface area is 101 Å². The number of hydrogen-bond donors (Lipinski definition) is 1. The van der Waals surface area contributed by atoms with Gasteiger partial charge in [-0.05, 0) is 29.3 Å². The molecule has 3 rings (SSSR count). The molecule has 0 spiro atoms. The molecule has 2 nitrogen and oxygen atoms in total. The second-order valence-corrected chi connectivity index (χ2v) is 4.20. The van der Waals surface area contributed by atoms with Gasteiger partial charge in [0.2, 0.25) is 0 Å². The Morgan fingerprint density at radius 2 is 1.71 bits per heavy atom. The molecule has 2 aromatic rings. The number of nitrogens with two attached hydrogens (primary N) is 1. The van der Waals surface area contributed by atoms with Crippen molar-refractivity contribution in [1.82, 2.24) is 0 Å². The topological polar surface area (TPSA) is 29.3 Å². The van der Waals surface area contributed by atoms with Crippen molar-refractivity contribution in [1.29, 1.82) is 0 Å². The molecule has 0 aliphatic carbocycles. The van der Waals surface area contributed by atoms with Crippen molar-refractivity contribution in [2.24, 2.45) is 0 Å². The highest BCUT2D eigenvalue weighted by atomic mass is 15.1. The van der Waals surface area contributed by atoms with E-state index in [9.17, 15) is 0 Å². The Bertz CT molecular complexity index is 573. The lowest BCUT2D eigenvalue weighted by Crippen LogP contribution is -2.19. The van der Waals surface area contributed by atoms with Crippen molar-refractivity contribution in [3.63, 3.8) is 0 Å². The van der Waals surface area contributed by atoms with Crippen molar-refractivity contribution >= 4 is 17.5 Å². The summed E-state index contributed by atoms with van der Waals surface area (Å²) < 4.78 is 0. The number of rotatable bonds is 1. The van der Waals surface area contributed by atoms with Crippen LogP contribution in [0.3, 0.4) is 0 Å². The van der Waals surface area contributed by atoms with Crippen LogP contribution >= 0.6 is 0 Å². The number of nitrogens with zero attached hydrogens (tertiary/aromatic N) is 1. The minimum Gasteiger partial charge on any atom is -0.397 e. The van der Waals surface area contributed by atoms with Gasteiger partial charge in [-0.1, -0.05) is 36.4 Å². The first-order valence-corrected chi connectivity index (χ1v) is 5.72. The molecule has 1 heterocycles. The van der Waals surface area contributed by atoms with Crippen LogP contribution in [0.2, 0.25) is 0 Å². The average molecular weight is 222 g/mol. The SMILES string of the molecule is Nc1ccccc1N1C=Cc2ccccc2C1. The lowest BCUT2D eigenvalue weighted by Gasteiger charge is -2.26. The van der Waals surface area contributed by atoms with Crippen molar-refractivity contribution in [3.05, 3.63) is 65.9 Å². The number of benzene rings is 2. The maximum Gasteiger partial charge on any atom is 0.0642 e. The van der Waals surface area contributed by atoms with Crippen molar-refractivity contribution in [2.45, 2.75) is 6.54 Å². The third-order valence-electron chi connectivity index (χ3n) is 3.08. The van der Waals surface area contributed by atoms with Gasteiger partial charge in [0.05, 0.1) is 11.4 Å². The summed E-state index contributed by atoms with van der Waals surface area (Å²) >= 11 is 0. The van der Waals surface area contributed by atoms with E-state index < -0.39 is 0 Å². The molecule has 1 aliphatic rings. The number of fused-ring (bicyclic) bond motifs is 1. The largest absolute Gasteiger partial charge is 0.397 e. The Morgan fingerprint density at radius 3 is 2.59 bits per heavy atom. The fourth-order valence-electron chi connectivity index (χ4n) is 2.16. The lowest BCUT2D eigenvalue weighted by atomic mass is 10.0. The van der Waals surface area contributed by atoms with Crippen molar-refractivity contribution in [3.8, 4) is 0 Å². The molecule has 0 amide bonds. The second kappa shape index (κ2) is 3.98. The lowest BCUT2D eigenvalue weighted by molar-refractivity contribution is 0.956. The Morgan fingerprint density at radius 1 is 0.941 bits per heavy atom. The third kappa shape index (κ3) is 1.78. The zero-order chi connectivity index (χ0) is 11.7. The molecule has 1 aliphatic heterocycles. The van der Waals surface area contributed by atoms with E-state index in [0.29, 0.717) is 0 Å². The zero-order valence-electron chi connectivity index (χ0n) is 9.51. The summed E-state index contributed by atoms with van der Waals surface area (Å²) in [5, 5.41) is 0. The first kappa shape index (κ1) is 9.97. The monoisotopic (exact) mass is 222 g/mol. The van der Waals surface area contributed by atoms with Crippen LogP contribution in [0.1, 0.15) is 11.1 Å². The Balaban J connectivity index is 1.98. The molecular weight excluding hydrogens is 208 g/mol. The first-order valence-electron chi connectivity index (χ1n) is 5.72. The summed E-state index contributed by atoms with van der Waals surface area (Å²) in [7, 11) is 0. The van der Waals surface area contributed by atoms with Gasteiger partial charge in [0.25, 0.3) is 0 Å². The fourth-order valence-corrected chi connectivity index (χ4v) is 2.16. The van der Waals surface area contributed by atoms with E-state index in [1.165, 1.54) is 11.1 Å². The molecule has 0 radical (unpaired) electrons. The van der Waals surface area contributed by atoms with Crippen LogP contribution < -0.4 is 10.6 Å². The highest BCUT2D eigenvalue weighted by molar-refractivity contribution is 5.72. The van der Waals surface area contributed by atoms with Gasteiger partial charge in [0, 0.05) is 12.7 Å². The van der Waals surface area contributed by atoms with Crippen LogP contribution in [-0.4, -0.2) is 0 Å². The predicted octanol–water partition coefficient (Wildman–Crippen LogP) is 3.26. The van der Waals surface area contributed by atoms with Gasteiger partial charge in [-0.15, -0.1) is 0 Å². The van der Waals surface area contributed by atoms with Crippen LogP contribution in [0, 0.1) is 0 Å². The molecule has 17 heavy (non-hydrogen) atoms. The quantitative estimate of drug-likeness (QED) is 0.750. The Hall–Kier alpha value is -2.22. The van der Waals surface area contributed by atoms with E-state index in [4.69, 9.17) is 5.73 Å². The standard InChI is InChI=1S/C15H14N2/c16-14-7-3-4-8-15(14)17-10-9-12-5-1-2-6-13(12)11-17/h1-10H,11,16H2. The Kier molecular flexibility index (Phi) is 2.33. The van der Waals surface area contributed by atoms with E-state index in [1.807, 2.05) is 24.3 Å². The van der Waals surface area contributed by atoms with E-state index in [-0.39, 0.29) is 0 Å². The number of para-hydroxylation sites is 2. The van der Waals surface area contributed by atoms with Gasteiger partial charge in [0.15, 0.2) is 0 Å². The summed E-state index contributed by atoms with van der Waals surface area (Å²) in [6.45, 7) is 0.876. The molecule has 0 atom stereocenters. The van der Waals surface area contributed by atoms with E-state index in [0.717, 1.165) is 17.9 Å². The van der Waals surface area contributed by atoms with Crippen LogP contribution in [0.5, 0.6) is 0 Å². The molecule has 0 saturated heterocycles. The van der Waals surface area contributed by atoms with E-state index in [1.54, 1.807) is 0 Å². The van der Waals surface area contributed by atoms with Gasteiger partial charge in [-0.3, -0.25) is 0 Å². The maximum atomic E-state index is 6.00. The molecule has 2 aromatic carbocycles. The molecule has 0 saturated carbocycles. The van der Waals surface area contributed by atoms with E-state index in [2.05, 4.69) is 41.4 Å². The number of anilines is 2. The summed E-state index contributed by atoms with van der Waals surface area (Å²) in [5.74, 6) is 0. The minimum absolute atomic E-state index is 0.816. The van der Waals surface area contributed by atoms with Crippen LogP contribution in [0.15, 0.2) is 54.7 Å². The summed E-state index contributed by atoms with van der Waals surface area (Å²) in [6, 6.07) is 16.4. The summed E-state index contributed by atoms with van der Waals surface area (Å²) in [5.41, 5.74) is 10.5. The molecular formula is C15H14N2. The third-order valence-corrected chi connectivity index (χ3v) is 3.08. The van der Waals surface area contributed by atoms with Gasteiger partial charge in [-0.25, -0.2) is 0 Å². The summed E-state index contributed by atoms with van der Waals surface area (Å²) in [6.07, 6.45) is 4.22. The maximum absolute atomic E-state index is 6.00. The predicted molar refractivity (Wildman–Crippen MR) is 72.5 cm³/mol. The molecule has 0 fully saturated rings. The van der Waals surface area contributed by atoms with E-state index >= 15 is 0 Å². The van der Waals surface area contributed by atoms with Gasteiger partial charge >= 0.3 is 0 Å². The van der Waals surface area contributed by atoms with Crippen LogP contribution in [0.25, 0.3) is 6.08 Å². The highest BCUT2D eigenvalue weighted by Crippen LogP contribution is 2.28. The number of nitrogen functional groups attached to an aromatic ring is 1. The average Bonchev–Trinajstić information content (AvgIpc) is 2.39. The van der Waals surface area contributed by atoms with Crippen molar-refractivity contribution < 1.29 is 0 Å². The summed E-state index contributed by atoms with van der Waals surface area (Å²) in [4.78, 5) is 2.18. The zero-order valence-corrected chi connectivity index (χ0v) is 9.51. The number of hydrogen-bond acceptors (Lipinski definition) is 2. The van der Waals surface area contributed by atoms with Crippen LogP contribution in [0.4, 0.5) is 11.4 Å². The molecule has 2 heteroatoms. The highest BCUT2D eigenvalue weighted by Gasteiger charge is 2.12. The smallest absolute Gasteiger partial charge is 0.0642 e.